The molecule has 1 N–H and O–H groups in total. The summed E-state index contributed by atoms with van der Waals surface area (Å²) in [4.78, 5) is 23.0. The lowest BCUT2D eigenvalue weighted by atomic mass is 10.1. The highest BCUT2D eigenvalue weighted by Gasteiger charge is 2.14. The summed E-state index contributed by atoms with van der Waals surface area (Å²) in [5.74, 6) is 0.870. The summed E-state index contributed by atoms with van der Waals surface area (Å²) in [5, 5.41) is 17.6. The van der Waals surface area contributed by atoms with Gasteiger partial charge >= 0.3 is 0 Å². The summed E-state index contributed by atoms with van der Waals surface area (Å²) < 4.78 is 10.9. The molecule has 0 fully saturated rings. The zero-order valence-corrected chi connectivity index (χ0v) is 15.5. The summed E-state index contributed by atoms with van der Waals surface area (Å²) in [7, 11) is 0. The van der Waals surface area contributed by atoms with Gasteiger partial charge in [-0.05, 0) is 32.0 Å². The number of amides is 1. The second-order valence-corrected chi connectivity index (χ2v) is 6.19. The number of rotatable bonds is 7. The Balaban J connectivity index is 1.65. The molecule has 2 aromatic carbocycles. The predicted octanol–water partition coefficient (Wildman–Crippen LogP) is 3.71. The van der Waals surface area contributed by atoms with Crippen LogP contribution in [0.25, 0.3) is 0 Å². The Morgan fingerprint density at radius 2 is 2.00 bits per heavy atom. The summed E-state index contributed by atoms with van der Waals surface area (Å²) in [5.41, 5.74) is 2.43. The third-order valence-corrected chi connectivity index (χ3v) is 4.29. The van der Waals surface area contributed by atoms with E-state index in [4.69, 9.17) is 9.26 Å². The Hall–Kier alpha value is -3.68. The fraction of sp³-hybridized carbons (Fsp3) is 0.200. The van der Waals surface area contributed by atoms with E-state index in [2.05, 4.69) is 10.5 Å². The summed E-state index contributed by atoms with van der Waals surface area (Å²) in [6.07, 6.45) is 0. The predicted molar refractivity (Wildman–Crippen MR) is 101 cm³/mol. The van der Waals surface area contributed by atoms with Crippen LogP contribution >= 0.6 is 0 Å². The highest BCUT2D eigenvalue weighted by atomic mass is 16.6. The fourth-order valence-electron chi connectivity index (χ4n) is 2.71. The number of hydrogen-bond acceptors (Lipinski definition) is 6. The van der Waals surface area contributed by atoms with Gasteiger partial charge in [-0.15, -0.1) is 0 Å². The largest absolute Gasteiger partial charge is 0.489 e. The van der Waals surface area contributed by atoms with E-state index >= 15 is 0 Å². The normalized spacial score (nSPS) is 10.5. The van der Waals surface area contributed by atoms with Crippen LogP contribution in [0.15, 0.2) is 53.1 Å². The van der Waals surface area contributed by atoms with Crippen LogP contribution in [0.3, 0.4) is 0 Å². The number of para-hydroxylation sites is 1. The first-order chi connectivity index (χ1) is 13.5. The van der Waals surface area contributed by atoms with Gasteiger partial charge < -0.3 is 14.6 Å². The van der Waals surface area contributed by atoms with Crippen molar-refractivity contribution >= 4 is 11.6 Å². The number of aromatic nitrogens is 1. The van der Waals surface area contributed by atoms with Gasteiger partial charge in [0, 0.05) is 23.7 Å². The molecule has 0 unspecified atom stereocenters. The molecule has 0 spiro atoms. The number of ether oxygens (including phenoxy) is 1. The van der Waals surface area contributed by atoms with Crippen molar-refractivity contribution in [1.29, 1.82) is 0 Å². The number of hydrogen-bond donors (Lipinski definition) is 1. The molecule has 1 amide bonds. The smallest absolute Gasteiger partial charge is 0.274 e. The Morgan fingerprint density at radius 3 is 2.71 bits per heavy atom. The average molecular weight is 381 g/mol. The summed E-state index contributed by atoms with van der Waals surface area (Å²) in [6, 6.07) is 13.0. The molecule has 0 aliphatic heterocycles. The van der Waals surface area contributed by atoms with E-state index in [0.29, 0.717) is 22.6 Å². The van der Waals surface area contributed by atoms with Gasteiger partial charge in [0.15, 0.2) is 0 Å². The Kier molecular flexibility index (Phi) is 5.69. The van der Waals surface area contributed by atoms with Gasteiger partial charge in [0.25, 0.3) is 11.6 Å². The molecule has 0 aliphatic carbocycles. The SMILES string of the molecule is Cc1noc(C)c1COc1cccc(C(=O)NCc2ccccc2[N+](=O)[O-])c1. The number of benzene rings is 2. The summed E-state index contributed by atoms with van der Waals surface area (Å²) >= 11 is 0. The molecule has 0 saturated carbocycles. The van der Waals surface area contributed by atoms with E-state index in [1.54, 1.807) is 42.5 Å². The first-order valence-corrected chi connectivity index (χ1v) is 8.61. The monoisotopic (exact) mass is 381 g/mol. The zero-order chi connectivity index (χ0) is 20.1. The number of nitro groups is 1. The van der Waals surface area contributed by atoms with E-state index in [9.17, 15) is 14.9 Å². The number of nitrogens with zero attached hydrogens (tertiary/aromatic N) is 2. The lowest BCUT2D eigenvalue weighted by molar-refractivity contribution is -0.385. The maximum absolute atomic E-state index is 12.4. The van der Waals surface area contributed by atoms with Crippen molar-refractivity contribution < 1.29 is 19.0 Å². The van der Waals surface area contributed by atoms with Crippen LogP contribution in [0.2, 0.25) is 0 Å². The molecule has 1 heterocycles. The minimum absolute atomic E-state index is 0.0284. The molecule has 8 heteroatoms. The molecule has 0 aliphatic rings. The van der Waals surface area contributed by atoms with E-state index in [0.717, 1.165) is 11.3 Å². The molecule has 3 rings (SSSR count). The van der Waals surface area contributed by atoms with Gasteiger partial charge in [-0.3, -0.25) is 14.9 Å². The quantitative estimate of drug-likeness (QED) is 0.494. The van der Waals surface area contributed by atoms with E-state index in [1.165, 1.54) is 6.07 Å². The Labute approximate surface area is 161 Å². The molecule has 3 aromatic rings. The van der Waals surface area contributed by atoms with Crippen LogP contribution in [0.1, 0.15) is 32.9 Å². The van der Waals surface area contributed by atoms with Crippen molar-refractivity contribution in [2.45, 2.75) is 27.0 Å². The Morgan fingerprint density at radius 1 is 1.21 bits per heavy atom. The molecule has 8 nitrogen and oxygen atoms in total. The van der Waals surface area contributed by atoms with Crippen molar-refractivity contribution in [2.24, 2.45) is 0 Å². The third kappa shape index (κ3) is 4.35. The minimum Gasteiger partial charge on any atom is -0.489 e. The zero-order valence-electron chi connectivity index (χ0n) is 15.5. The average Bonchev–Trinajstić information content (AvgIpc) is 3.02. The number of nitrogens with one attached hydrogen (secondary N) is 1. The van der Waals surface area contributed by atoms with Crippen LogP contribution in [0.4, 0.5) is 5.69 Å². The number of aryl methyl sites for hydroxylation is 2. The lowest BCUT2D eigenvalue weighted by Gasteiger charge is -2.09. The molecule has 28 heavy (non-hydrogen) atoms. The van der Waals surface area contributed by atoms with Crippen molar-refractivity contribution in [2.75, 3.05) is 0 Å². The standard InChI is InChI=1S/C20H19N3O5/c1-13-18(14(2)28-22-13)12-27-17-8-5-7-15(10-17)20(24)21-11-16-6-3-4-9-19(16)23(25)26/h3-10H,11-12H2,1-2H3,(H,21,24). The van der Waals surface area contributed by atoms with Gasteiger partial charge in [-0.2, -0.15) is 0 Å². The Bertz CT molecular complexity index is 993. The fourth-order valence-corrected chi connectivity index (χ4v) is 2.71. The molecule has 1 aromatic heterocycles. The van der Waals surface area contributed by atoms with Crippen molar-refractivity contribution in [3.8, 4) is 5.75 Å². The van der Waals surface area contributed by atoms with Crippen LogP contribution in [0, 0.1) is 24.0 Å². The first kappa shape index (κ1) is 19.1. The summed E-state index contributed by atoms with van der Waals surface area (Å²) in [6.45, 7) is 3.98. The number of carbonyl (C=O) groups excluding carboxylic acids is 1. The van der Waals surface area contributed by atoms with Gasteiger partial charge in [0.2, 0.25) is 0 Å². The van der Waals surface area contributed by atoms with E-state index in [-0.39, 0.29) is 24.7 Å². The van der Waals surface area contributed by atoms with Crippen molar-refractivity contribution in [3.63, 3.8) is 0 Å². The van der Waals surface area contributed by atoms with Gasteiger partial charge in [-0.25, -0.2) is 0 Å². The lowest BCUT2D eigenvalue weighted by Crippen LogP contribution is -2.23. The van der Waals surface area contributed by atoms with E-state index in [1.807, 2.05) is 13.8 Å². The maximum atomic E-state index is 12.4. The second-order valence-electron chi connectivity index (χ2n) is 6.19. The molecule has 0 saturated heterocycles. The maximum Gasteiger partial charge on any atom is 0.274 e. The number of nitro benzene ring substituents is 1. The van der Waals surface area contributed by atoms with Crippen LogP contribution in [-0.4, -0.2) is 16.0 Å². The first-order valence-electron chi connectivity index (χ1n) is 8.61. The third-order valence-electron chi connectivity index (χ3n) is 4.29. The second kappa shape index (κ2) is 8.34. The molecule has 0 radical (unpaired) electrons. The van der Waals surface area contributed by atoms with Crippen molar-refractivity contribution in [1.82, 2.24) is 10.5 Å². The van der Waals surface area contributed by atoms with Gasteiger partial charge in [-0.1, -0.05) is 29.4 Å². The molecular formula is C20H19N3O5. The van der Waals surface area contributed by atoms with Crippen LogP contribution < -0.4 is 10.1 Å². The highest BCUT2D eigenvalue weighted by Crippen LogP contribution is 2.20. The van der Waals surface area contributed by atoms with Gasteiger partial charge in [0.1, 0.15) is 18.1 Å². The van der Waals surface area contributed by atoms with Crippen molar-refractivity contribution in [3.05, 3.63) is 86.8 Å². The van der Waals surface area contributed by atoms with E-state index < -0.39 is 4.92 Å². The molecule has 0 bridgehead atoms. The molecule has 0 atom stereocenters. The number of carbonyl (C=O) groups is 1. The van der Waals surface area contributed by atoms with Gasteiger partial charge in [0.05, 0.1) is 16.2 Å². The van der Waals surface area contributed by atoms with Crippen LogP contribution in [-0.2, 0) is 13.2 Å². The highest BCUT2D eigenvalue weighted by molar-refractivity contribution is 5.94. The minimum atomic E-state index is -0.468. The van der Waals surface area contributed by atoms with Crippen LogP contribution in [0.5, 0.6) is 5.75 Å². The molecular weight excluding hydrogens is 362 g/mol. The topological polar surface area (TPSA) is 108 Å². The molecule has 144 valence electrons.